The molecule has 0 radical (unpaired) electrons. The average Bonchev–Trinajstić information content (AvgIpc) is 3.87. The van der Waals surface area contributed by atoms with E-state index in [9.17, 15) is 0 Å². The smallest absolute Gasteiger partial charge is 0.125 e. The van der Waals surface area contributed by atoms with Gasteiger partial charge in [0.05, 0.1) is 10.2 Å². The summed E-state index contributed by atoms with van der Waals surface area (Å²) in [6.07, 6.45) is 11.3. The second-order valence-corrected chi connectivity index (χ2v) is 19.0. The van der Waals surface area contributed by atoms with Crippen LogP contribution in [0.1, 0.15) is 93.3 Å². The zero-order valence-electron chi connectivity index (χ0n) is 35.0. The molecule has 3 aliphatic rings. The first kappa shape index (κ1) is 36.3. The van der Waals surface area contributed by atoms with Crippen molar-refractivity contribution in [2.24, 2.45) is 0 Å². The number of thiazole rings is 1. The summed E-state index contributed by atoms with van der Waals surface area (Å²) in [6.45, 7) is 14.4. The van der Waals surface area contributed by atoms with Crippen LogP contribution in [-0.4, -0.2) is 4.98 Å². The van der Waals surface area contributed by atoms with Gasteiger partial charge in [-0.25, -0.2) is 4.98 Å². The van der Waals surface area contributed by atoms with E-state index >= 15 is 0 Å². The van der Waals surface area contributed by atoms with Crippen LogP contribution in [0.15, 0.2) is 140 Å². The molecule has 288 valence electrons. The highest BCUT2D eigenvalue weighted by Crippen LogP contribution is 2.57. The second kappa shape index (κ2) is 13.3. The summed E-state index contributed by atoms with van der Waals surface area (Å²) in [5.74, 6) is 0. The van der Waals surface area contributed by atoms with Crippen molar-refractivity contribution in [2.45, 2.75) is 78.1 Å². The number of hydrogen-bond acceptors (Lipinski definition) is 2. The minimum absolute atomic E-state index is 0.124. The van der Waals surface area contributed by atoms with Gasteiger partial charge in [-0.15, -0.1) is 11.3 Å². The van der Waals surface area contributed by atoms with Crippen LogP contribution in [0.4, 0.5) is 0 Å². The van der Waals surface area contributed by atoms with Gasteiger partial charge in [0.2, 0.25) is 0 Å². The Balaban J connectivity index is 0.991. The SMILES string of the molecule is CCc1cc(C2=CCCC=C2)ccc1-c1cc2c(cc1CC)-c1cc3c(cc1C2(C)C)-c1ccc(-c2ccc(-c4nc5ccccc5s4)c4ccccc24)cc1C3(C)C. The predicted molar refractivity (Wildman–Crippen MR) is 254 cm³/mol. The molecule has 0 fully saturated rings. The molecule has 0 amide bonds. The molecule has 0 N–H and O–H groups in total. The Morgan fingerprint density at radius 3 is 1.80 bits per heavy atom. The lowest BCUT2D eigenvalue weighted by Gasteiger charge is -2.25. The highest BCUT2D eigenvalue weighted by atomic mass is 32.1. The normalized spacial score (nSPS) is 15.6. The van der Waals surface area contributed by atoms with Gasteiger partial charge in [0.1, 0.15) is 5.01 Å². The zero-order chi connectivity index (χ0) is 40.2. The molecule has 0 saturated carbocycles. The van der Waals surface area contributed by atoms with Crippen LogP contribution in [-0.2, 0) is 23.7 Å². The first-order chi connectivity index (χ1) is 28.6. The maximum Gasteiger partial charge on any atom is 0.125 e. The Morgan fingerprint density at radius 2 is 1.08 bits per heavy atom. The molecule has 1 nitrogen and oxygen atoms in total. The molecule has 1 aromatic heterocycles. The first-order valence-electron chi connectivity index (χ1n) is 21.6. The molecule has 11 rings (SSSR count). The van der Waals surface area contributed by atoms with E-state index in [0.29, 0.717) is 0 Å². The van der Waals surface area contributed by atoms with Crippen LogP contribution in [0, 0.1) is 0 Å². The van der Waals surface area contributed by atoms with Crippen molar-refractivity contribution in [3.8, 4) is 55.1 Å². The Kier molecular flexibility index (Phi) is 8.20. The van der Waals surface area contributed by atoms with Crippen molar-refractivity contribution < 1.29 is 0 Å². The van der Waals surface area contributed by atoms with Gasteiger partial charge in [-0.05, 0) is 162 Å². The molecule has 2 heteroatoms. The third kappa shape index (κ3) is 5.45. The van der Waals surface area contributed by atoms with Gasteiger partial charge in [0.25, 0.3) is 0 Å². The van der Waals surface area contributed by atoms with Crippen LogP contribution < -0.4 is 0 Å². The molecule has 0 saturated heterocycles. The standard InChI is InChI=1S/C57H49NS/c1-7-34-28-37(36-16-10-9-11-17-36)22-24-39(34)45-31-50-46(29-35(45)8-2)48-33-51-47(32-52(48)57(50,5)6)43-25-23-38(30-49(43)56(51,3)4)40-26-27-44(42-19-13-12-18-41(40)42)55-58-53-20-14-15-21-54(53)59-55/h10,12-33H,7-9,11H2,1-6H3. The number of aromatic nitrogens is 1. The molecule has 0 spiro atoms. The number of aryl methyl sites for hydroxylation is 2. The molecular weight excluding hydrogens is 731 g/mol. The minimum Gasteiger partial charge on any atom is -0.236 e. The van der Waals surface area contributed by atoms with Crippen molar-refractivity contribution in [2.75, 3.05) is 0 Å². The monoisotopic (exact) mass is 779 g/mol. The molecule has 3 aliphatic carbocycles. The number of para-hydroxylation sites is 1. The number of benzene rings is 7. The van der Waals surface area contributed by atoms with Crippen LogP contribution >= 0.6 is 11.3 Å². The summed E-state index contributed by atoms with van der Waals surface area (Å²) in [5, 5.41) is 3.59. The second-order valence-electron chi connectivity index (χ2n) is 17.9. The van der Waals surface area contributed by atoms with Crippen LogP contribution in [0.25, 0.3) is 81.6 Å². The van der Waals surface area contributed by atoms with E-state index in [-0.39, 0.29) is 10.8 Å². The van der Waals surface area contributed by atoms with Gasteiger partial charge in [-0.2, -0.15) is 0 Å². The third-order valence-corrected chi connectivity index (χ3v) is 15.0. The minimum atomic E-state index is -0.145. The van der Waals surface area contributed by atoms with Gasteiger partial charge >= 0.3 is 0 Å². The van der Waals surface area contributed by atoms with Gasteiger partial charge in [-0.1, -0.05) is 145 Å². The summed E-state index contributed by atoms with van der Waals surface area (Å²) in [6, 6.07) is 46.6. The zero-order valence-corrected chi connectivity index (χ0v) is 35.8. The van der Waals surface area contributed by atoms with Gasteiger partial charge < -0.3 is 0 Å². The topological polar surface area (TPSA) is 12.9 Å². The van der Waals surface area contributed by atoms with E-state index in [0.717, 1.165) is 36.2 Å². The maximum absolute atomic E-state index is 5.04. The quantitative estimate of drug-likeness (QED) is 0.164. The summed E-state index contributed by atoms with van der Waals surface area (Å²) >= 11 is 1.77. The lowest BCUT2D eigenvalue weighted by atomic mass is 9.78. The van der Waals surface area contributed by atoms with Crippen molar-refractivity contribution in [1.82, 2.24) is 4.98 Å². The average molecular weight is 780 g/mol. The highest BCUT2D eigenvalue weighted by Gasteiger charge is 2.42. The summed E-state index contributed by atoms with van der Waals surface area (Å²) in [4.78, 5) is 5.04. The first-order valence-corrected chi connectivity index (χ1v) is 22.4. The summed E-state index contributed by atoms with van der Waals surface area (Å²) in [7, 11) is 0. The fourth-order valence-corrected chi connectivity index (χ4v) is 11.6. The van der Waals surface area contributed by atoms with Gasteiger partial charge in [0, 0.05) is 16.4 Å². The van der Waals surface area contributed by atoms with Crippen molar-refractivity contribution in [3.63, 3.8) is 0 Å². The molecule has 0 aliphatic heterocycles. The number of nitrogens with zero attached hydrogens (tertiary/aromatic N) is 1. The molecule has 59 heavy (non-hydrogen) atoms. The van der Waals surface area contributed by atoms with E-state index < -0.39 is 0 Å². The lowest BCUT2D eigenvalue weighted by Crippen LogP contribution is -2.17. The Morgan fingerprint density at radius 1 is 0.508 bits per heavy atom. The Hall–Kier alpha value is -5.83. The molecule has 7 aromatic carbocycles. The van der Waals surface area contributed by atoms with Crippen LogP contribution in [0.5, 0.6) is 0 Å². The third-order valence-electron chi connectivity index (χ3n) is 13.9. The predicted octanol–water partition coefficient (Wildman–Crippen LogP) is 15.9. The van der Waals surface area contributed by atoms with E-state index in [1.54, 1.807) is 11.3 Å². The fourth-order valence-electron chi connectivity index (χ4n) is 10.6. The number of hydrogen-bond donors (Lipinski definition) is 0. The molecule has 0 bridgehead atoms. The summed E-state index contributed by atoms with van der Waals surface area (Å²) in [5.41, 5.74) is 24.2. The molecule has 1 heterocycles. The van der Waals surface area contributed by atoms with E-state index in [1.165, 1.54) is 110 Å². The molecule has 0 atom stereocenters. The van der Waals surface area contributed by atoms with Gasteiger partial charge in [0.15, 0.2) is 0 Å². The van der Waals surface area contributed by atoms with Gasteiger partial charge in [-0.3, -0.25) is 0 Å². The maximum atomic E-state index is 5.04. The Labute approximate surface area is 352 Å². The van der Waals surface area contributed by atoms with E-state index in [4.69, 9.17) is 4.98 Å². The van der Waals surface area contributed by atoms with Crippen molar-refractivity contribution in [3.05, 3.63) is 178 Å². The summed E-state index contributed by atoms with van der Waals surface area (Å²) < 4.78 is 1.22. The van der Waals surface area contributed by atoms with E-state index in [1.807, 2.05) is 0 Å². The van der Waals surface area contributed by atoms with Crippen LogP contribution in [0.3, 0.4) is 0 Å². The lowest BCUT2D eigenvalue weighted by molar-refractivity contribution is 0.652. The number of allylic oxidation sites excluding steroid dienone is 4. The molecular formula is C57H49NS. The van der Waals surface area contributed by atoms with Crippen LogP contribution in [0.2, 0.25) is 0 Å². The van der Waals surface area contributed by atoms with Crippen molar-refractivity contribution >= 4 is 37.9 Å². The Bertz CT molecular complexity index is 3090. The number of rotatable bonds is 6. The number of fused-ring (bicyclic) bond motifs is 8. The highest BCUT2D eigenvalue weighted by molar-refractivity contribution is 7.21. The fraction of sp³-hybridized carbons (Fsp3) is 0.211. The largest absolute Gasteiger partial charge is 0.236 e. The molecule has 0 unspecified atom stereocenters. The van der Waals surface area contributed by atoms with Crippen molar-refractivity contribution in [1.29, 1.82) is 0 Å². The molecule has 8 aromatic rings. The van der Waals surface area contributed by atoms with E-state index in [2.05, 4.69) is 181 Å².